The predicted molar refractivity (Wildman–Crippen MR) is 83.2 cm³/mol. The second-order valence-corrected chi connectivity index (χ2v) is 5.52. The van der Waals surface area contributed by atoms with Crippen LogP contribution in [0.2, 0.25) is 0 Å². The Balaban J connectivity index is 0.00000361. The maximum absolute atomic E-state index is 12.1. The standard InChI is InChI=1S/C12H20N2O4S.BrH/c1-3-5-12(9(15)17-4-2)6-8(18-10(12)16)7-19-11(13)14;/h8H,3-7H2,1-2H3,(H3,13,14);1H. The molecule has 0 aromatic rings. The number of ether oxygens (including phenoxy) is 2. The van der Waals surface area contributed by atoms with E-state index in [9.17, 15) is 9.59 Å². The Kier molecular flexibility index (Phi) is 8.19. The SMILES string of the molecule is Br.CCCC1(C(=O)OCC)CC(CSC(=N)N)OC1=O. The fourth-order valence-corrected chi connectivity index (χ4v) is 2.77. The molecule has 0 amide bonds. The minimum absolute atomic E-state index is 0. The van der Waals surface area contributed by atoms with E-state index in [0.29, 0.717) is 25.0 Å². The predicted octanol–water partition coefficient (Wildman–Crippen LogP) is 1.86. The molecule has 1 saturated heterocycles. The molecule has 0 bridgehead atoms. The number of nitrogens with one attached hydrogen (secondary N) is 1. The monoisotopic (exact) mass is 368 g/mol. The molecule has 1 heterocycles. The molecule has 1 fully saturated rings. The highest BCUT2D eigenvalue weighted by molar-refractivity contribution is 8.93. The molecule has 0 aromatic carbocycles. The van der Waals surface area contributed by atoms with Gasteiger partial charge in [0, 0.05) is 12.2 Å². The number of hydrogen-bond donors (Lipinski definition) is 2. The first-order valence-electron chi connectivity index (χ1n) is 6.31. The molecule has 3 N–H and O–H groups in total. The van der Waals surface area contributed by atoms with Crippen LogP contribution in [0.3, 0.4) is 0 Å². The minimum Gasteiger partial charge on any atom is -0.465 e. The number of hydrogen-bond acceptors (Lipinski definition) is 6. The summed E-state index contributed by atoms with van der Waals surface area (Å²) in [5.41, 5.74) is 4.08. The maximum Gasteiger partial charge on any atom is 0.323 e. The molecule has 0 spiro atoms. The van der Waals surface area contributed by atoms with Crippen molar-refractivity contribution in [2.45, 2.75) is 39.2 Å². The zero-order valence-electron chi connectivity index (χ0n) is 11.6. The summed E-state index contributed by atoms with van der Waals surface area (Å²) in [5.74, 6) is -0.620. The number of carbonyl (C=O) groups excluding carboxylic acids is 2. The van der Waals surface area contributed by atoms with E-state index >= 15 is 0 Å². The Hall–Kier alpha value is -0.760. The normalized spacial score (nSPS) is 24.7. The number of carbonyl (C=O) groups is 2. The van der Waals surface area contributed by atoms with Gasteiger partial charge in [0.1, 0.15) is 6.10 Å². The Bertz CT molecular complexity index is 380. The molecule has 0 radical (unpaired) electrons. The van der Waals surface area contributed by atoms with E-state index in [1.165, 1.54) is 0 Å². The summed E-state index contributed by atoms with van der Waals surface area (Å²) in [5, 5.41) is 7.12. The van der Waals surface area contributed by atoms with Gasteiger partial charge in [-0.3, -0.25) is 15.0 Å². The lowest BCUT2D eigenvalue weighted by molar-refractivity contribution is -0.165. The van der Waals surface area contributed by atoms with Crippen molar-refractivity contribution in [3.63, 3.8) is 0 Å². The molecule has 2 atom stereocenters. The van der Waals surface area contributed by atoms with E-state index in [0.717, 1.165) is 11.8 Å². The second-order valence-electron chi connectivity index (χ2n) is 4.46. The summed E-state index contributed by atoms with van der Waals surface area (Å²) in [7, 11) is 0. The van der Waals surface area contributed by atoms with Crippen LogP contribution in [0.5, 0.6) is 0 Å². The van der Waals surface area contributed by atoms with Gasteiger partial charge in [0.25, 0.3) is 0 Å². The third-order valence-corrected chi connectivity index (χ3v) is 3.86. The molecule has 20 heavy (non-hydrogen) atoms. The number of esters is 2. The summed E-state index contributed by atoms with van der Waals surface area (Å²) in [6.07, 6.45) is 1.03. The average Bonchev–Trinajstić information content (AvgIpc) is 2.66. The fourth-order valence-electron chi connectivity index (χ4n) is 2.22. The number of halogens is 1. The first kappa shape index (κ1) is 19.2. The van der Waals surface area contributed by atoms with E-state index in [2.05, 4.69) is 0 Å². The molecule has 1 aliphatic rings. The Labute approximate surface area is 133 Å². The van der Waals surface area contributed by atoms with Crippen LogP contribution < -0.4 is 5.73 Å². The third kappa shape index (κ3) is 4.37. The number of rotatable bonds is 6. The van der Waals surface area contributed by atoms with Gasteiger partial charge in [-0.25, -0.2) is 0 Å². The molecule has 0 saturated carbocycles. The third-order valence-electron chi connectivity index (χ3n) is 3.01. The van der Waals surface area contributed by atoms with Crippen LogP contribution in [0.1, 0.15) is 33.1 Å². The van der Waals surface area contributed by atoms with Gasteiger partial charge >= 0.3 is 11.9 Å². The summed E-state index contributed by atoms with van der Waals surface area (Å²) >= 11 is 1.11. The van der Waals surface area contributed by atoms with Gasteiger partial charge in [0.15, 0.2) is 10.6 Å². The van der Waals surface area contributed by atoms with Crippen LogP contribution in [-0.4, -0.2) is 35.6 Å². The van der Waals surface area contributed by atoms with Crippen molar-refractivity contribution in [2.24, 2.45) is 11.1 Å². The van der Waals surface area contributed by atoms with Gasteiger partial charge in [-0.1, -0.05) is 25.1 Å². The van der Waals surface area contributed by atoms with Gasteiger partial charge in [0.2, 0.25) is 0 Å². The van der Waals surface area contributed by atoms with Crippen molar-refractivity contribution in [1.82, 2.24) is 0 Å². The lowest BCUT2D eigenvalue weighted by Gasteiger charge is -2.21. The number of thioether (sulfide) groups is 1. The first-order chi connectivity index (χ1) is 8.96. The Morgan fingerprint density at radius 2 is 2.25 bits per heavy atom. The molecule has 0 aliphatic carbocycles. The van der Waals surface area contributed by atoms with E-state index in [1.54, 1.807) is 6.92 Å². The van der Waals surface area contributed by atoms with Crippen molar-refractivity contribution >= 4 is 45.8 Å². The van der Waals surface area contributed by atoms with Crippen molar-refractivity contribution in [2.75, 3.05) is 12.4 Å². The van der Waals surface area contributed by atoms with Crippen molar-refractivity contribution in [3.8, 4) is 0 Å². The van der Waals surface area contributed by atoms with E-state index < -0.39 is 23.5 Å². The van der Waals surface area contributed by atoms with Crippen LogP contribution in [0.25, 0.3) is 0 Å². The average molecular weight is 369 g/mol. The molecule has 8 heteroatoms. The largest absolute Gasteiger partial charge is 0.465 e. The first-order valence-corrected chi connectivity index (χ1v) is 7.30. The van der Waals surface area contributed by atoms with Gasteiger partial charge in [-0.15, -0.1) is 17.0 Å². The molecule has 6 nitrogen and oxygen atoms in total. The van der Waals surface area contributed by atoms with Crippen LogP contribution >= 0.6 is 28.7 Å². The Morgan fingerprint density at radius 1 is 1.60 bits per heavy atom. The lowest BCUT2D eigenvalue weighted by Crippen LogP contribution is -2.37. The van der Waals surface area contributed by atoms with Gasteiger partial charge in [-0.05, 0) is 13.3 Å². The number of nitrogens with two attached hydrogens (primary N) is 1. The zero-order valence-corrected chi connectivity index (χ0v) is 14.2. The maximum atomic E-state index is 12.1. The van der Waals surface area contributed by atoms with Gasteiger partial charge in [0.05, 0.1) is 6.61 Å². The summed E-state index contributed by atoms with van der Waals surface area (Å²) in [4.78, 5) is 24.1. The van der Waals surface area contributed by atoms with Gasteiger partial charge < -0.3 is 15.2 Å². The summed E-state index contributed by atoms with van der Waals surface area (Å²) in [6.45, 7) is 3.86. The number of cyclic esters (lactones) is 1. The summed E-state index contributed by atoms with van der Waals surface area (Å²) < 4.78 is 10.2. The Morgan fingerprint density at radius 3 is 2.75 bits per heavy atom. The van der Waals surface area contributed by atoms with Crippen LogP contribution in [0.4, 0.5) is 0 Å². The van der Waals surface area contributed by atoms with Crippen molar-refractivity contribution in [1.29, 1.82) is 5.41 Å². The summed E-state index contributed by atoms with van der Waals surface area (Å²) in [6, 6.07) is 0. The fraction of sp³-hybridized carbons (Fsp3) is 0.750. The van der Waals surface area contributed by atoms with Crippen LogP contribution in [0.15, 0.2) is 0 Å². The lowest BCUT2D eigenvalue weighted by atomic mass is 9.80. The van der Waals surface area contributed by atoms with E-state index in [-0.39, 0.29) is 28.8 Å². The zero-order chi connectivity index (χ0) is 14.5. The minimum atomic E-state index is -1.17. The molecule has 0 aromatic heterocycles. The quantitative estimate of drug-likeness (QED) is 0.321. The van der Waals surface area contributed by atoms with Crippen LogP contribution in [0, 0.1) is 10.8 Å². The van der Waals surface area contributed by atoms with Crippen molar-refractivity contribution < 1.29 is 19.1 Å². The molecule has 1 rings (SSSR count). The molecule has 2 unspecified atom stereocenters. The molecule has 1 aliphatic heterocycles. The van der Waals surface area contributed by atoms with Crippen LogP contribution in [-0.2, 0) is 19.1 Å². The second kappa shape index (κ2) is 8.51. The molecular formula is C12H21BrN2O4S. The highest BCUT2D eigenvalue weighted by Gasteiger charge is 2.55. The van der Waals surface area contributed by atoms with Crippen molar-refractivity contribution in [3.05, 3.63) is 0 Å². The molecule has 116 valence electrons. The van der Waals surface area contributed by atoms with E-state index in [1.807, 2.05) is 6.92 Å². The number of amidine groups is 1. The smallest absolute Gasteiger partial charge is 0.323 e. The molecular weight excluding hydrogens is 348 g/mol. The topological polar surface area (TPSA) is 102 Å². The highest BCUT2D eigenvalue weighted by atomic mass is 79.9. The van der Waals surface area contributed by atoms with E-state index in [4.69, 9.17) is 20.6 Å². The highest BCUT2D eigenvalue weighted by Crippen LogP contribution is 2.40. The van der Waals surface area contributed by atoms with Gasteiger partial charge in [-0.2, -0.15) is 0 Å².